The van der Waals surface area contributed by atoms with Gasteiger partial charge in [0, 0.05) is 23.7 Å². The number of carbonyl (C=O) groups is 2. The number of nitrogens with one attached hydrogen (secondary N) is 1. The Morgan fingerprint density at radius 1 is 1.17 bits per heavy atom. The molecule has 1 saturated carbocycles. The molecule has 1 aliphatic carbocycles. The van der Waals surface area contributed by atoms with Crippen LogP contribution in [0.3, 0.4) is 0 Å². The minimum Gasteiger partial charge on any atom is -0.353 e. The minimum atomic E-state index is -0.657. The van der Waals surface area contributed by atoms with Crippen molar-refractivity contribution in [3.63, 3.8) is 0 Å². The number of hydrogen-bond acceptors (Lipinski definition) is 3. The summed E-state index contributed by atoms with van der Waals surface area (Å²) in [6.07, 6.45) is 4.05. The van der Waals surface area contributed by atoms with E-state index in [9.17, 15) is 9.59 Å². The zero-order chi connectivity index (χ0) is 17.3. The molecule has 1 heterocycles. The quantitative estimate of drug-likeness (QED) is 0.804. The van der Waals surface area contributed by atoms with Gasteiger partial charge >= 0.3 is 0 Å². The van der Waals surface area contributed by atoms with Crippen molar-refractivity contribution in [2.75, 3.05) is 11.4 Å². The van der Waals surface area contributed by atoms with Crippen LogP contribution >= 0.6 is 23.2 Å². The van der Waals surface area contributed by atoms with Gasteiger partial charge in [0.2, 0.25) is 11.8 Å². The topological polar surface area (TPSA) is 75.4 Å². The second kappa shape index (κ2) is 7.30. The van der Waals surface area contributed by atoms with Gasteiger partial charge in [0.1, 0.15) is 5.92 Å². The molecule has 2 aliphatic rings. The molecule has 2 fully saturated rings. The van der Waals surface area contributed by atoms with E-state index in [1.165, 1.54) is 0 Å². The van der Waals surface area contributed by atoms with E-state index in [4.69, 9.17) is 28.9 Å². The molecule has 1 unspecified atom stereocenters. The molecule has 24 heavy (non-hydrogen) atoms. The van der Waals surface area contributed by atoms with Crippen LogP contribution < -0.4 is 16.0 Å². The van der Waals surface area contributed by atoms with Gasteiger partial charge < -0.3 is 16.0 Å². The van der Waals surface area contributed by atoms with E-state index in [1.54, 1.807) is 23.1 Å². The molecule has 0 spiro atoms. The zero-order valence-corrected chi connectivity index (χ0v) is 14.8. The lowest BCUT2D eigenvalue weighted by Crippen LogP contribution is -2.44. The molecule has 1 saturated heterocycles. The highest BCUT2D eigenvalue weighted by molar-refractivity contribution is 6.36. The lowest BCUT2D eigenvalue weighted by atomic mass is 9.91. The summed E-state index contributed by atoms with van der Waals surface area (Å²) in [5, 5.41) is 3.97. The summed E-state index contributed by atoms with van der Waals surface area (Å²) in [5.41, 5.74) is 6.45. The van der Waals surface area contributed by atoms with Crippen molar-refractivity contribution in [2.24, 2.45) is 11.7 Å². The van der Waals surface area contributed by atoms with E-state index in [1.807, 2.05) is 0 Å². The molecular weight excluding hydrogens is 349 g/mol. The number of nitrogens with two attached hydrogens (primary N) is 1. The molecule has 1 aromatic rings. The van der Waals surface area contributed by atoms with Crippen molar-refractivity contribution in [3.05, 3.63) is 28.2 Å². The van der Waals surface area contributed by atoms with Gasteiger partial charge in [-0.2, -0.15) is 0 Å². The molecule has 1 atom stereocenters. The first-order valence-corrected chi connectivity index (χ1v) is 9.03. The third-order valence-electron chi connectivity index (χ3n) is 4.84. The van der Waals surface area contributed by atoms with Gasteiger partial charge in [0.05, 0.1) is 10.7 Å². The van der Waals surface area contributed by atoms with Gasteiger partial charge in [-0.3, -0.25) is 9.59 Å². The second-order valence-corrected chi connectivity index (χ2v) is 7.39. The summed E-state index contributed by atoms with van der Waals surface area (Å²) < 4.78 is 0. The van der Waals surface area contributed by atoms with Crippen LogP contribution in [-0.2, 0) is 9.59 Å². The highest BCUT2D eigenvalue weighted by atomic mass is 35.5. The van der Waals surface area contributed by atoms with Crippen molar-refractivity contribution in [3.8, 4) is 0 Å². The van der Waals surface area contributed by atoms with Gasteiger partial charge in [-0.25, -0.2) is 0 Å². The maximum Gasteiger partial charge on any atom is 0.239 e. The molecule has 1 aliphatic heterocycles. The predicted octanol–water partition coefficient (Wildman–Crippen LogP) is 2.73. The molecule has 0 bridgehead atoms. The summed E-state index contributed by atoms with van der Waals surface area (Å²) in [7, 11) is 0. The Morgan fingerprint density at radius 3 is 2.58 bits per heavy atom. The van der Waals surface area contributed by atoms with Crippen molar-refractivity contribution in [1.29, 1.82) is 0 Å². The largest absolute Gasteiger partial charge is 0.353 e. The monoisotopic (exact) mass is 369 g/mol. The first kappa shape index (κ1) is 17.5. The lowest BCUT2D eigenvalue weighted by Gasteiger charge is -2.27. The Balaban J connectivity index is 1.65. The number of amides is 2. The fourth-order valence-corrected chi connectivity index (χ4v) is 3.81. The van der Waals surface area contributed by atoms with Gasteiger partial charge in [0.15, 0.2) is 0 Å². The molecule has 3 rings (SSSR count). The smallest absolute Gasteiger partial charge is 0.239 e. The van der Waals surface area contributed by atoms with E-state index >= 15 is 0 Å². The van der Waals surface area contributed by atoms with Gasteiger partial charge in [-0.1, -0.05) is 23.2 Å². The molecule has 5 nitrogen and oxygen atoms in total. The standard InChI is InChI=1S/C17H21Cl2N3O2/c18-10-1-6-14(19)15(9-10)22-8-7-13(17(22)24)16(23)21-12-4-2-11(20)3-5-12/h1,6,9,11-13H,2-5,7-8,20H2,(H,21,23). The summed E-state index contributed by atoms with van der Waals surface area (Å²) in [5.74, 6) is -1.07. The van der Waals surface area contributed by atoms with Crippen LogP contribution in [0.1, 0.15) is 32.1 Å². The number of hydrogen-bond donors (Lipinski definition) is 2. The van der Waals surface area contributed by atoms with Crippen LogP contribution in [0.25, 0.3) is 0 Å². The second-order valence-electron chi connectivity index (χ2n) is 6.55. The number of carbonyl (C=O) groups excluding carboxylic acids is 2. The summed E-state index contributed by atoms with van der Waals surface area (Å²) in [6.45, 7) is 0.465. The zero-order valence-electron chi connectivity index (χ0n) is 13.3. The Kier molecular flexibility index (Phi) is 5.33. The van der Waals surface area contributed by atoms with Crippen LogP contribution in [0.4, 0.5) is 5.69 Å². The summed E-state index contributed by atoms with van der Waals surface area (Å²) in [6, 6.07) is 5.34. The number of benzene rings is 1. The first-order valence-electron chi connectivity index (χ1n) is 8.28. The number of rotatable bonds is 3. The van der Waals surface area contributed by atoms with Crippen LogP contribution in [0.15, 0.2) is 18.2 Å². The van der Waals surface area contributed by atoms with Crippen molar-refractivity contribution in [2.45, 2.75) is 44.2 Å². The normalized spacial score (nSPS) is 27.4. The van der Waals surface area contributed by atoms with Crippen molar-refractivity contribution in [1.82, 2.24) is 5.32 Å². The number of halogens is 2. The lowest BCUT2D eigenvalue weighted by molar-refractivity contribution is -0.132. The highest BCUT2D eigenvalue weighted by Gasteiger charge is 2.39. The Morgan fingerprint density at radius 2 is 1.88 bits per heavy atom. The molecule has 0 radical (unpaired) electrons. The Labute approximate surface area is 151 Å². The maximum absolute atomic E-state index is 12.6. The highest BCUT2D eigenvalue weighted by Crippen LogP contribution is 2.33. The van der Waals surface area contributed by atoms with Crippen LogP contribution in [0.5, 0.6) is 0 Å². The van der Waals surface area contributed by atoms with Crippen LogP contribution in [0.2, 0.25) is 10.0 Å². The average Bonchev–Trinajstić information content (AvgIpc) is 2.93. The van der Waals surface area contributed by atoms with Crippen LogP contribution in [0, 0.1) is 5.92 Å². The SMILES string of the molecule is NC1CCC(NC(=O)C2CCN(c3cc(Cl)ccc3Cl)C2=O)CC1. The minimum absolute atomic E-state index is 0.119. The van der Waals surface area contributed by atoms with E-state index < -0.39 is 5.92 Å². The van der Waals surface area contributed by atoms with E-state index in [0.717, 1.165) is 25.7 Å². The maximum atomic E-state index is 12.6. The molecule has 7 heteroatoms. The summed E-state index contributed by atoms with van der Waals surface area (Å²) >= 11 is 12.2. The Hall–Kier alpha value is -1.30. The molecule has 1 aromatic carbocycles. The Bertz CT molecular complexity index is 645. The third kappa shape index (κ3) is 3.68. The van der Waals surface area contributed by atoms with E-state index in [0.29, 0.717) is 28.7 Å². The average molecular weight is 370 g/mol. The van der Waals surface area contributed by atoms with Gasteiger partial charge in [0.25, 0.3) is 0 Å². The summed E-state index contributed by atoms with van der Waals surface area (Å²) in [4.78, 5) is 26.7. The molecule has 2 amide bonds. The van der Waals surface area contributed by atoms with Crippen molar-refractivity contribution < 1.29 is 9.59 Å². The molecule has 3 N–H and O–H groups in total. The van der Waals surface area contributed by atoms with Crippen LogP contribution in [-0.4, -0.2) is 30.4 Å². The fourth-order valence-electron chi connectivity index (χ4n) is 3.42. The molecular formula is C17H21Cl2N3O2. The number of anilines is 1. The van der Waals surface area contributed by atoms with Crippen molar-refractivity contribution >= 4 is 40.7 Å². The van der Waals surface area contributed by atoms with E-state index in [-0.39, 0.29) is 23.9 Å². The fraction of sp³-hybridized carbons (Fsp3) is 0.529. The first-order chi connectivity index (χ1) is 11.5. The third-order valence-corrected chi connectivity index (χ3v) is 5.39. The van der Waals surface area contributed by atoms with Gasteiger partial charge in [-0.15, -0.1) is 0 Å². The predicted molar refractivity (Wildman–Crippen MR) is 95.3 cm³/mol. The van der Waals surface area contributed by atoms with E-state index in [2.05, 4.69) is 5.32 Å². The number of nitrogens with zero attached hydrogens (tertiary/aromatic N) is 1. The molecule has 0 aromatic heterocycles. The van der Waals surface area contributed by atoms with Gasteiger partial charge in [-0.05, 0) is 50.3 Å². The molecule has 130 valence electrons.